The summed E-state index contributed by atoms with van der Waals surface area (Å²) in [5.41, 5.74) is 2.25. The Labute approximate surface area is 177 Å². The van der Waals surface area contributed by atoms with Gasteiger partial charge in [-0.25, -0.2) is 9.97 Å². The fourth-order valence-electron chi connectivity index (χ4n) is 4.40. The lowest BCUT2D eigenvalue weighted by Crippen LogP contribution is -2.42. The summed E-state index contributed by atoms with van der Waals surface area (Å²) >= 11 is 1.73. The van der Waals surface area contributed by atoms with E-state index < -0.39 is 0 Å². The van der Waals surface area contributed by atoms with E-state index in [4.69, 9.17) is 14.5 Å². The number of ether oxygens (including phenoxy) is 2. The highest BCUT2D eigenvalue weighted by atomic mass is 32.2. The number of carbonyl (C=O) groups is 1. The van der Waals surface area contributed by atoms with Crippen LogP contribution in [0.3, 0.4) is 0 Å². The van der Waals surface area contributed by atoms with E-state index in [2.05, 4.69) is 16.8 Å². The largest absolute Gasteiger partial charge is 0.381 e. The number of piperidine rings is 1. The third kappa shape index (κ3) is 5.48. The number of morpholine rings is 1. The highest BCUT2D eigenvalue weighted by Crippen LogP contribution is 2.30. The lowest BCUT2D eigenvalue weighted by Gasteiger charge is -2.34. The molecule has 7 nitrogen and oxygen atoms in total. The molecule has 0 bridgehead atoms. The van der Waals surface area contributed by atoms with Gasteiger partial charge in [-0.2, -0.15) is 0 Å². The SMILES string of the molecule is Cc1cnc(SCCN2CCOCC2)nc1C1CCCN(C(=O)C2CCOC2)C1. The van der Waals surface area contributed by atoms with Gasteiger partial charge in [-0.15, -0.1) is 0 Å². The number of rotatable bonds is 6. The normalized spacial score (nSPS) is 26.0. The number of likely N-dealkylation sites (tertiary alicyclic amines) is 1. The van der Waals surface area contributed by atoms with Crippen LogP contribution in [0.2, 0.25) is 0 Å². The Morgan fingerprint density at radius 1 is 1.21 bits per heavy atom. The molecule has 3 saturated heterocycles. The van der Waals surface area contributed by atoms with E-state index in [0.29, 0.717) is 19.1 Å². The maximum Gasteiger partial charge on any atom is 0.228 e. The van der Waals surface area contributed by atoms with Crippen LogP contribution in [0.1, 0.15) is 36.4 Å². The number of nitrogens with zero attached hydrogens (tertiary/aromatic N) is 4. The third-order valence-electron chi connectivity index (χ3n) is 6.13. The van der Waals surface area contributed by atoms with Crippen LogP contribution >= 0.6 is 11.8 Å². The highest BCUT2D eigenvalue weighted by Gasteiger charge is 2.32. The minimum absolute atomic E-state index is 0.0477. The Morgan fingerprint density at radius 3 is 2.86 bits per heavy atom. The van der Waals surface area contributed by atoms with Gasteiger partial charge in [0.15, 0.2) is 5.16 Å². The maximum absolute atomic E-state index is 12.8. The molecular formula is C21H32N4O3S. The topological polar surface area (TPSA) is 67.8 Å². The van der Waals surface area contributed by atoms with Crippen molar-refractivity contribution in [1.82, 2.24) is 19.8 Å². The number of hydrogen-bond acceptors (Lipinski definition) is 7. The maximum atomic E-state index is 12.8. The Morgan fingerprint density at radius 2 is 2.07 bits per heavy atom. The lowest BCUT2D eigenvalue weighted by atomic mass is 9.91. The number of thioether (sulfide) groups is 1. The summed E-state index contributed by atoms with van der Waals surface area (Å²) in [5.74, 6) is 1.60. The second-order valence-corrected chi connectivity index (χ2v) is 9.27. The van der Waals surface area contributed by atoms with Crippen LogP contribution in [0.25, 0.3) is 0 Å². The molecular weight excluding hydrogens is 388 g/mol. The van der Waals surface area contributed by atoms with Gasteiger partial charge in [0.2, 0.25) is 5.91 Å². The summed E-state index contributed by atoms with van der Waals surface area (Å²) in [4.78, 5) is 26.8. The minimum Gasteiger partial charge on any atom is -0.381 e. The molecule has 3 fully saturated rings. The van der Waals surface area contributed by atoms with E-state index in [9.17, 15) is 4.79 Å². The van der Waals surface area contributed by atoms with Crippen molar-refractivity contribution < 1.29 is 14.3 Å². The first kappa shape index (κ1) is 21.0. The number of carbonyl (C=O) groups excluding carboxylic acids is 1. The predicted molar refractivity (Wildman–Crippen MR) is 112 cm³/mol. The zero-order valence-corrected chi connectivity index (χ0v) is 18.2. The van der Waals surface area contributed by atoms with E-state index in [1.54, 1.807) is 11.8 Å². The zero-order chi connectivity index (χ0) is 20.1. The molecule has 29 heavy (non-hydrogen) atoms. The molecule has 4 heterocycles. The van der Waals surface area contributed by atoms with Crippen LogP contribution in [0.5, 0.6) is 0 Å². The van der Waals surface area contributed by atoms with Crippen molar-refractivity contribution >= 4 is 17.7 Å². The van der Waals surface area contributed by atoms with Crippen molar-refractivity contribution in [2.75, 3.05) is 64.9 Å². The monoisotopic (exact) mass is 420 g/mol. The first-order chi connectivity index (χ1) is 14.2. The molecule has 2 atom stereocenters. The number of aryl methyl sites for hydroxylation is 1. The van der Waals surface area contributed by atoms with Crippen LogP contribution in [-0.2, 0) is 14.3 Å². The van der Waals surface area contributed by atoms with Crippen molar-refractivity contribution in [2.45, 2.75) is 37.3 Å². The molecule has 1 aromatic rings. The van der Waals surface area contributed by atoms with Gasteiger partial charge in [0.1, 0.15) is 0 Å². The van der Waals surface area contributed by atoms with E-state index in [-0.39, 0.29) is 11.8 Å². The van der Waals surface area contributed by atoms with Crippen molar-refractivity contribution in [1.29, 1.82) is 0 Å². The molecule has 8 heteroatoms. The third-order valence-corrected chi connectivity index (χ3v) is 6.97. The van der Waals surface area contributed by atoms with Crippen LogP contribution < -0.4 is 0 Å². The van der Waals surface area contributed by atoms with Crippen molar-refractivity contribution in [3.8, 4) is 0 Å². The molecule has 4 rings (SSSR count). The van der Waals surface area contributed by atoms with Gasteiger partial charge in [0, 0.05) is 57.2 Å². The summed E-state index contributed by atoms with van der Waals surface area (Å²) in [7, 11) is 0. The van der Waals surface area contributed by atoms with Gasteiger partial charge < -0.3 is 14.4 Å². The van der Waals surface area contributed by atoms with E-state index in [1.165, 1.54) is 0 Å². The van der Waals surface area contributed by atoms with Gasteiger partial charge >= 0.3 is 0 Å². The fraction of sp³-hybridized carbons (Fsp3) is 0.762. The quantitative estimate of drug-likeness (QED) is 0.515. The van der Waals surface area contributed by atoms with Crippen molar-refractivity contribution in [3.63, 3.8) is 0 Å². The molecule has 0 N–H and O–H groups in total. The molecule has 0 radical (unpaired) electrons. The number of aromatic nitrogens is 2. The minimum atomic E-state index is 0.0477. The van der Waals surface area contributed by atoms with Gasteiger partial charge in [0.25, 0.3) is 0 Å². The smallest absolute Gasteiger partial charge is 0.228 e. The molecule has 0 aliphatic carbocycles. The molecule has 0 spiro atoms. The Balaban J connectivity index is 1.35. The summed E-state index contributed by atoms with van der Waals surface area (Å²) in [6.45, 7) is 9.73. The number of amides is 1. The van der Waals surface area contributed by atoms with Gasteiger partial charge in [-0.3, -0.25) is 9.69 Å². The molecule has 0 saturated carbocycles. The molecule has 3 aliphatic rings. The molecule has 3 aliphatic heterocycles. The van der Waals surface area contributed by atoms with Crippen LogP contribution in [0, 0.1) is 12.8 Å². The van der Waals surface area contributed by atoms with Crippen molar-refractivity contribution in [2.24, 2.45) is 5.92 Å². The summed E-state index contributed by atoms with van der Waals surface area (Å²) in [6.07, 6.45) is 4.93. The molecule has 2 unspecified atom stereocenters. The Bertz CT molecular complexity index is 693. The number of hydrogen-bond donors (Lipinski definition) is 0. The second-order valence-electron chi connectivity index (χ2n) is 8.21. The summed E-state index contributed by atoms with van der Waals surface area (Å²) < 4.78 is 10.8. The predicted octanol–water partition coefficient (Wildman–Crippen LogP) is 1.95. The fourth-order valence-corrected chi connectivity index (χ4v) is 5.22. The molecule has 1 aromatic heterocycles. The molecule has 1 amide bonds. The molecule has 0 aromatic carbocycles. The zero-order valence-electron chi connectivity index (χ0n) is 17.3. The highest BCUT2D eigenvalue weighted by molar-refractivity contribution is 7.99. The standard InChI is InChI=1S/C21H32N4O3S/c1-16-13-22-21(29-12-8-24-6-10-27-11-7-24)23-19(16)17-3-2-5-25(14-17)20(26)18-4-9-28-15-18/h13,17-18H,2-12,14-15H2,1H3. The Kier molecular flexibility index (Phi) is 7.39. The van der Waals surface area contributed by atoms with E-state index in [0.717, 1.165) is 87.4 Å². The Hall–Kier alpha value is -1.22. The van der Waals surface area contributed by atoms with Crippen LogP contribution in [0.4, 0.5) is 0 Å². The van der Waals surface area contributed by atoms with E-state index >= 15 is 0 Å². The first-order valence-corrected chi connectivity index (χ1v) is 11.8. The van der Waals surface area contributed by atoms with Crippen molar-refractivity contribution in [3.05, 3.63) is 17.5 Å². The summed E-state index contributed by atoms with van der Waals surface area (Å²) in [5, 5.41) is 0.853. The average molecular weight is 421 g/mol. The van der Waals surface area contributed by atoms with Gasteiger partial charge in [0.05, 0.1) is 31.4 Å². The average Bonchev–Trinajstić information content (AvgIpc) is 3.30. The van der Waals surface area contributed by atoms with Crippen LogP contribution in [0.15, 0.2) is 11.4 Å². The van der Waals surface area contributed by atoms with Gasteiger partial charge in [-0.1, -0.05) is 11.8 Å². The van der Waals surface area contributed by atoms with Crippen LogP contribution in [-0.4, -0.2) is 90.6 Å². The summed E-state index contributed by atoms with van der Waals surface area (Å²) in [6, 6.07) is 0. The second kappa shape index (κ2) is 10.2. The van der Waals surface area contributed by atoms with E-state index in [1.807, 2.05) is 11.1 Å². The molecule has 160 valence electrons. The first-order valence-electron chi connectivity index (χ1n) is 10.8. The van der Waals surface area contributed by atoms with Gasteiger partial charge in [-0.05, 0) is 31.7 Å². The lowest BCUT2D eigenvalue weighted by molar-refractivity contribution is -0.136.